The smallest absolute Gasteiger partial charge is 0.260 e. The van der Waals surface area contributed by atoms with E-state index in [-0.39, 0.29) is 24.6 Å². The Labute approximate surface area is 158 Å². The molecule has 2 unspecified atom stereocenters. The van der Waals surface area contributed by atoms with Crippen molar-refractivity contribution in [3.63, 3.8) is 0 Å². The van der Waals surface area contributed by atoms with Crippen molar-refractivity contribution in [3.8, 4) is 5.75 Å². The van der Waals surface area contributed by atoms with Crippen LogP contribution in [-0.4, -0.2) is 34.5 Å². The summed E-state index contributed by atoms with van der Waals surface area (Å²) in [5.74, 6) is 0.391. The van der Waals surface area contributed by atoms with Crippen molar-refractivity contribution in [3.05, 3.63) is 33.9 Å². The predicted octanol–water partition coefficient (Wildman–Crippen LogP) is 5.02. The Kier molecular flexibility index (Phi) is 5.40. The topological polar surface area (TPSA) is 42.4 Å². The molecular formula is C19H22Cl2N2O2. The molecule has 0 spiro atoms. The van der Waals surface area contributed by atoms with Crippen molar-refractivity contribution in [2.24, 2.45) is 0 Å². The molecule has 2 heterocycles. The van der Waals surface area contributed by atoms with E-state index in [1.807, 2.05) is 24.0 Å². The van der Waals surface area contributed by atoms with Gasteiger partial charge in [-0.25, -0.2) is 4.98 Å². The Hall–Kier alpha value is -1.52. The van der Waals surface area contributed by atoms with Gasteiger partial charge in [-0.2, -0.15) is 0 Å². The third-order valence-electron chi connectivity index (χ3n) is 4.80. The Morgan fingerprint density at radius 3 is 2.60 bits per heavy atom. The first-order valence-electron chi connectivity index (χ1n) is 8.57. The number of aryl methyl sites for hydroxylation is 1. The summed E-state index contributed by atoms with van der Waals surface area (Å²) in [6, 6.07) is 5.87. The molecule has 0 N–H and O–H groups in total. The number of hydrogen-bond acceptors (Lipinski definition) is 3. The molecule has 1 aromatic heterocycles. The largest absolute Gasteiger partial charge is 0.480 e. The molecule has 134 valence electrons. The number of amides is 1. The third kappa shape index (κ3) is 3.70. The molecule has 3 rings (SSSR count). The second-order valence-corrected chi connectivity index (χ2v) is 7.55. The molecule has 0 bridgehead atoms. The molecule has 2 aromatic rings. The third-order valence-corrected chi connectivity index (χ3v) is 5.39. The number of halogens is 2. The maximum atomic E-state index is 12.7. The van der Waals surface area contributed by atoms with Gasteiger partial charge in [-0.3, -0.25) is 4.79 Å². The van der Waals surface area contributed by atoms with Gasteiger partial charge >= 0.3 is 0 Å². The fourth-order valence-electron chi connectivity index (χ4n) is 3.55. The predicted molar refractivity (Wildman–Crippen MR) is 102 cm³/mol. The molecule has 1 aliphatic heterocycles. The van der Waals surface area contributed by atoms with Gasteiger partial charge in [0.1, 0.15) is 5.52 Å². The van der Waals surface area contributed by atoms with E-state index in [1.165, 1.54) is 0 Å². The lowest BCUT2D eigenvalue weighted by molar-refractivity contribution is -0.139. The van der Waals surface area contributed by atoms with E-state index >= 15 is 0 Å². The molecular weight excluding hydrogens is 359 g/mol. The number of piperidine rings is 1. The maximum absolute atomic E-state index is 12.7. The highest BCUT2D eigenvalue weighted by atomic mass is 35.5. The monoisotopic (exact) mass is 380 g/mol. The summed E-state index contributed by atoms with van der Waals surface area (Å²) in [5.41, 5.74) is 1.42. The summed E-state index contributed by atoms with van der Waals surface area (Å²) in [6.07, 6.45) is 3.22. The number of carbonyl (C=O) groups excluding carboxylic acids is 1. The second kappa shape index (κ2) is 7.38. The molecule has 0 aliphatic carbocycles. The van der Waals surface area contributed by atoms with Gasteiger partial charge in [-0.1, -0.05) is 23.2 Å². The molecule has 0 saturated carbocycles. The van der Waals surface area contributed by atoms with Gasteiger partial charge in [0.15, 0.2) is 12.4 Å². The normalized spacial score (nSPS) is 20.8. The Bertz CT molecular complexity index is 800. The quantitative estimate of drug-likeness (QED) is 0.750. The zero-order valence-corrected chi connectivity index (χ0v) is 16.2. The average Bonchev–Trinajstić information content (AvgIpc) is 2.54. The number of benzene rings is 1. The molecule has 1 saturated heterocycles. The molecule has 1 aliphatic rings. The number of ether oxygens (including phenoxy) is 1. The minimum atomic E-state index is -0.0548. The van der Waals surface area contributed by atoms with Crippen LogP contribution < -0.4 is 4.74 Å². The molecule has 2 atom stereocenters. The van der Waals surface area contributed by atoms with Crippen molar-refractivity contribution >= 4 is 40.0 Å². The van der Waals surface area contributed by atoms with Crippen LogP contribution in [0.4, 0.5) is 0 Å². The van der Waals surface area contributed by atoms with E-state index in [0.29, 0.717) is 21.3 Å². The number of nitrogens with zero attached hydrogens (tertiary/aromatic N) is 2. The van der Waals surface area contributed by atoms with Gasteiger partial charge < -0.3 is 9.64 Å². The minimum absolute atomic E-state index is 0.0217. The van der Waals surface area contributed by atoms with Crippen molar-refractivity contribution in [1.29, 1.82) is 0 Å². The number of aromatic nitrogens is 1. The fourth-order valence-corrected chi connectivity index (χ4v) is 4.12. The van der Waals surface area contributed by atoms with Crippen LogP contribution in [0.3, 0.4) is 0 Å². The molecule has 1 amide bonds. The highest BCUT2D eigenvalue weighted by Crippen LogP contribution is 2.37. The summed E-state index contributed by atoms with van der Waals surface area (Å²) >= 11 is 12.6. The Morgan fingerprint density at radius 2 is 1.92 bits per heavy atom. The van der Waals surface area contributed by atoms with Gasteiger partial charge in [0.25, 0.3) is 5.91 Å². The molecule has 6 heteroatoms. The van der Waals surface area contributed by atoms with Crippen LogP contribution in [0.5, 0.6) is 5.75 Å². The van der Waals surface area contributed by atoms with E-state index in [4.69, 9.17) is 27.9 Å². The zero-order valence-electron chi connectivity index (χ0n) is 14.7. The molecule has 4 nitrogen and oxygen atoms in total. The molecule has 25 heavy (non-hydrogen) atoms. The summed E-state index contributed by atoms with van der Waals surface area (Å²) in [5, 5.41) is 1.64. The number of carbonyl (C=O) groups is 1. The van der Waals surface area contributed by atoms with Crippen molar-refractivity contribution in [2.45, 2.75) is 52.1 Å². The fraction of sp³-hybridized carbons (Fsp3) is 0.474. The number of rotatable bonds is 3. The van der Waals surface area contributed by atoms with Crippen molar-refractivity contribution in [1.82, 2.24) is 9.88 Å². The lowest BCUT2D eigenvalue weighted by Crippen LogP contribution is -2.49. The van der Waals surface area contributed by atoms with E-state index in [1.54, 1.807) is 6.07 Å². The molecule has 1 aromatic carbocycles. The van der Waals surface area contributed by atoms with E-state index in [9.17, 15) is 4.79 Å². The molecule has 1 fully saturated rings. The standard InChI is InChI=1S/C19H22Cl2N2O2/c1-11-7-8-14-15(20)9-16(21)19(18(14)22-11)25-10-17(24)23-12(2)5-4-6-13(23)3/h7-9,12-13H,4-6,10H2,1-3H3. The Morgan fingerprint density at radius 1 is 1.24 bits per heavy atom. The summed E-state index contributed by atoms with van der Waals surface area (Å²) in [4.78, 5) is 19.1. The van der Waals surface area contributed by atoms with Gasteiger partial charge in [0.2, 0.25) is 0 Å². The first-order valence-corrected chi connectivity index (χ1v) is 9.33. The van der Waals surface area contributed by atoms with Crippen LogP contribution in [0, 0.1) is 6.92 Å². The van der Waals surface area contributed by atoms with Gasteiger partial charge in [-0.15, -0.1) is 0 Å². The summed E-state index contributed by atoms with van der Waals surface area (Å²) < 4.78 is 5.83. The van der Waals surface area contributed by atoms with Crippen LogP contribution >= 0.6 is 23.2 Å². The zero-order chi connectivity index (χ0) is 18.1. The highest BCUT2D eigenvalue weighted by molar-refractivity contribution is 6.39. The average molecular weight is 381 g/mol. The van der Waals surface area contributed by atoms with E-state index in [0.717, 1.165) is 30.3 Å². The van der Waals surface area contributed by atoms with Crippen LogP contribution in [0.1, 0.15) is 38.8 Å². The van der Waals surface area contributed by atoms with Crippen molar-refractivity contribution in [2.75, 3.05) is 6.61 Å². The van der Waals surface area contributed by atoms with Crippen LogP contribution in [0.2, 0.25) is 10.0 Å². The van der Waals surface area contributed by atoms with E-state index in [2.05, 4.69) is 18.8 Å². The summed E-state index contributed by atoms with van der Waals surface area (Å²) in [6.45, 7) is 6.01. The first kappa shape index (κ1) is 18.3. The lowest BCUT2D eigenvalue weighted by atomic mass is 9.97. The lowest BCUT2D eigenvalue weighted by Gasteiger charge is -2.39. The first-order chi connectivity index (χ1) is 11.9. The number of hydrogen-bond donors (Lipinski definition) is 0. The van der Waals surface area contributed by atoms with Crippen molar-refractivity contribution < 1.29 is 9.53 Å². The highest BCUT2D eigenvalue weighted by Gasteiger charge is 2.29. The number of pyridine rings is 1. The van der Waals surface area contributed by atoms with Crippen LogP contribution in [0.25, 0.3) is 10.9 Å². The minimum Gasteiger partial charge on any atom is -0.480 e. The SMILES string of the molecule is Cc1ccc2c(Cl)cc(Cl)c(OCC(=O)N3C(C)CCCC3C)c2n1. The Balaban J connectivity index is 1.86. The van der Waals surface area contributed by atoms with Gasteiger partial charge in [-0.05, 0) is 58.2 Å². The van der Waals surface area contributed by atoms with Crippen LogP contribution in [-0.2, 0) is 4.79 Å². The molecule has 0 radical (unpaired) electrons. The number of fused-ring (bicyclic) bond motifs is 1. The maximum Gasteiger partial charge on any atom is 0.260 e. The van der Waals surface area contributed by atoms with E-state index < -0.39 is 0 Å². The van der Waals surface area contributed by atoms with Gasteiger partial charge in [0, 0.05) is 23.2 Å². The second-order valence-electron chi connectivity index (χ2n) is 6.74. The summed E-state index contributed by atoms with van der Waals surface area (Å²) in [7, 11) is 0. The number of likely N-dealkylation sites (tertiary alicyclic amines) is 1. The van der Waals surface area contributed by atoms with Crippen LogP contribution in [0.15, 0.2) is 18.2 Å². The van der Waals surface area contributed by atoms with Gasteiger partial charge in [0.05, 0.1) is 10.0 Å².